The van der Waals surface area contributed by atoms with Gasteiger partial charge < -0.3 is 10.6 Å². The van der Waals surface area contributed by atoms with Crippen molar-refractivity contribution in [1.29, 1.82) is 0 Å². The zero-order valence-electron chi connectivity index (χ0n) is 16.4. The third kappa shape index (κ3) is 3.93. The summed E-state index contributed by atoms with van der Waals surface area (Å²) in [6.45, 7) is 8.07. The van der Waals surface area contributed by atoms with Crippen molar-refractivity contribution in [3.8, 4) is 5.69 Å². The summed E-state index contributed by atoms with van der Waals surface area (Å²) in [7, 11) is 0. The molecule has 0 unspecified atom stereocenters. The fraction of sp³-hybridized carbons (Fsp3) is 0.238. The van der Waals surface area contributed by atoms with Crippen molar-refractivity contribution in [2.45, 2.75) is 27.7 Å². The van der Waals surface area contributed by atoms with E-state index in [0.717, 1.165) is 16.8 Å². The first-order valence-electron chi connectivity index (χ1n) is 9.11. The molecule has 2 aromatic carbocycles. The Morgan fingerprint density at radius 3 is 2.46 bits per heavy atom. The lowest BCUT2D eigenvalue weighted by Crippen LogP contribution is -2.25. The van der Waals surface area contributed by atoms with Gasteiger partial charge in [0.2, 0.25) is 0 Å². The highest BCUT2D eigenvalue weighted by atomic mass is 16.2. The average molecular weight is 377 g/mol. The summed E-state index contributed by atoms with van der Waals surface area (Å²) in [4.78, 5) is 26.5. The highest BCUT2D eigenvalue weighted by molar-refractivity contribution is 6.08. The molecule has 0 saturated carbocycles. The summed E-state index contributed by atoms with van der Waals surface area (Å²) < 4.78 is 0. The van der Waals surface area contributed by atoms with E-state index in [4.69, 9.17) is 0 Å². The Hall–Kier alpha value is -3.48. The summed E-state index contributed by atoms with van der Waals surface area (Å²) in [6.07, 6.45) is 0. The van der Waals surface area contributed by atoms with E-state index >= 15 is 0 Å². The van der Waals surface area contributed by atoms with Crippen molar-refractivity contribution in [3.05, 3.63) is 70.5 Å². The molecule has 144 valence electrons. The summed E-state index contributed by atoms with van der Waals surface area (Å²) in [6, 6.07) is 12.8. The zero-order valence-corrected chi connectivity index (χ0v) is 16.4. The highest BCUT2D eigenvalue weighted by Crippen LogP contribution is 2.18. The van der Waals surface area contributed by atoms with Gasteiger partial charge in [0.05, 0.1) is 22.6 Å². The van der Waals surface area contributed by atoms with Gasteiger partial charge in [-0.05, 0) is 51.5 Å². The predicted molar refractivity (Wildman–Crippen MR) is 108 cm³/mol. The minimum Gasteiger partial charge on any atom is -0.352 e. The first-order chi connectivity index (χ1) is 13.4. The van der Waals surface area contributed by atoms with Gasteiger partial charge in [-0.15, -0.1) is 5.10 Å². The van der Waals surface area contributed by atoms with Crippen LogP contribution in [0.25, 0.3) is 5.69 Å². The van der Waals surface area contributed by atoms with E-state index in [-0.39, 0.29) is 11.6 Å². The van der Waals surface area contributed by atoms with Crippen LogP contribution in [0.4, 0.5) is 5.69 Å². The van der Waals surface area contributed by atoms with E-state index in [1.165, 1.54) is 4.80 Å². The molecule has 0 atom stereocenters. The molecule has 3 rings (SSSR count). The van der Waals surface area contributed by atoms with Crippen LogP contribution in [0.15, 0.2) is 42.5 Å². The van der Waals surface area contributed by atoms with E-state index < -0.39 is 5.91 Å². The molecule has 7 heteroatoms. The van der Waals surface area contributed by atoms with Crippen LogP contribution in [0.3, 0.4) is 0 Å². The van der Waals surface area contributed by atoms with Crippen LogP contribution in [-0.4, -0.2) is 33.4 Å². The molecule has 0 aliphatic carbocycles. The molecular weight excluding hydrogens is 354 g/mol. The largest absolute Gasteiger partial charge is 0.352 e. The number of aromatic nitrogens is 3. The number of nitrogens with one attached hydrogen (secondary N) is 2. The van der Waals surface area contributed by atoms with Gasteiger partial charge in [0.1, 0.15) is 0 Å². The third-order valence-corrected chi connectivity index (χ3v) is 4.32. The number of carbonyl (C=O) groups excluding carboxylic acids is 2. The topological polar surface area (TPSA) is 88.9 Å². The van der Waals surface area contributed by atoms with Crippen molar-refractivity contribution < 1.29 is 9.59 Å². The van der Waals surface area contributed by atoms with Crippen LogP contribution in [0.5, 0.6) is 0 Å². The van der Waals surface area contributed by atoms with Gasteiger partial charge in [-0.1, -0.05) is 29.8 Å². The zero-order chi connectivity index (χ0) is 20.3. The molecule has 3 aromatic rings. The Labute approximate surface area is 163 Å². The van der Waals surface area contributed by atoms with Crippen molar-refractivity contribution in [2.24, 2.45) is 0 Å². The van der Waals surface area contributed by atoms with Gasteiger partial charge in [-0.25, -0.2) is 0 Å². The highest BCUT2D eigenvalue weighted by Gasteiger charge is 2.19. The van der Waals surface area contributed by atoms with Crippen LogP contribution in [0.2, 0.25) is 0 Å². The number of benzene rings is 2. The molecule has 0 aliphatic rings. The Balaban J connectivity index is 1.89. The van der Waals surface area contributed by atoms with Crippen molar-refractivity contribution in [3.63, 3.8) is 0 Å². The normalized spacial score (nSPS) is 10.6. The maximum absolute atomic E-state index is 12.8. The number of carbonyl (C=O) groups is 2. The molecule has 1 heterocycles. The lowest BCUT2D eigenvalue weighted by Gasteiger charge is -2.10. The smallest absolute Gasteiger partial charge is 0.278 e. The second-order valence-corrected chi connectivity index (χ2v) is 6.57. The molecule has 0 spiro atoms. The quantitative estimate of drug-likeness (QED) is 0.715. The molecule has 0 fully saturated rings. The van der Waals surface area contributed by atoms with Gasteiger partial charge in [-0.2, -0.15) is 9.90 Å². The summed E-state index contributed by atoms with van der Waals surface area (Å²) in [5.41, 5.74) is 4.53. The van der Waals surface area contributed by atoms with Gasteiger partial charge in [0.15, 0.2) is 5.69 Å². The molecule has 0 bridgehead atoms. The lowest BCUT2D eigenvalue weighted by molar-refractivity contribution is 0.0956. The summed E-state index contributed by atoms with van der Waals surface area (Å²) in [5.74, 6) is -0.653. The maximum Gasteiger partial charge on any atom is 0.278 e. The van der Waals surface area contributed by atoms with E-state index in [0.29, 0.717) is 23.5 Å². The Kier molecular flexibility index (Phi) is 5.54. The van der Waals surface area contributed by atoms with Crippen LogP contribution < -0.4 is 10.6 Å². The van der Waals surface area contributed by atoms with Gasteiger partial charge in [-0.3, -0.25) is 9.59 Å². The van der Waals surface area contributed by atoms with Crippen molar-refractivity contribution in [1.82, 2.24) is 20.3 Å². The molecule has 0 saturated heterocycles. The molecule has 28 heavy (non-hydrogen) atoms. The number of hydrogen-bond acceptors (Lipinski definition) is 4. The Morgan fingerprint density at radius 2 is 1.75 bits per heavy atom. The number of amides is 2. The molecule has 7 nitrogen and oxygen atoms in total. The lowest BCUT2D eigenvalue weighted by atomic mass is 10.1. The number of nitrogens with zero attached hydrogens (tertiary/aromatic N) is 3. The number of para-hydroxylation sites is 1. The van der Waals surface area contributed by atoms with Gasteiger partial charge >= 0.3 is 0 Å². The molecule has 1 aromatic heterocycles. The van der Waals surface area contributed by atoms with Gasteiger partial charge in [0, 0.05) is 6.54 Å². The molecule has 0 aliphatic heterocycles. The predicted octanol–water partition coefficient (Wildman–Crippen LogP) is 3.19. The van der Waals surface area contributed by atoms with Gasteiger partial charge in [0.25, 0.3) is 11.8 Å². The fourth-order valence-corrected chi connectivity index (χ4v) is 2.95. The first-order valence-corrected chi connectivity index (χ1v) is 9.11. The summed E-state index contributed by atoms with van der Waals surface area (Å²) >= 11 is 0. The standard InChI is InChI=1S/C21H23N5O2/c1-5-22-20(27)16-8-6-7-9-17(16)23-21(28)19-15(4)24-26(25-19)18-11-10-13(2)12-14(18)3/h6-12H,5H2,1-4H3,(H,22,27)(H,23,28). The van der Waals surface area contributed by atoms with Crippen LogP contribution in [0, 0.1) is 20.8 Å². The SMILES string of the molecule is CCNC(=O)c1ccccc1NC(=O)c1nn(-c2ccc(C)cc2C)nc1C. The minimum absolute atomic E-state index is 0.214. The maximum atomic E-state index is 12.8. The van der Waals surface area contributed by atoms with Crippen molar-refractivity contribution in [2.75, 3.05) is 11.9 Å². The third-order valence-electron chi connectivity index (χ3n) is 4.32. The molecule has 0 radical (unpaired) electrons. The Bertz CT molecular complexity index is 1040. The summed E-state index contributed by atoms with van der Waals surface area (Å²) in [5, 5.41) is 14.3. The first kappa shape index (κ1) is 19.3. The number of aryl methyl sites for hydroxylation is 3. The van der Waals surface area contributed by atoms with E-state index in [9.17, 15) is 9.59 Å². The van der Waals surface area contributed by atoms with Crippen molar-refractivity contribution >= 4 is 17.5 Å². The van der Waals surface area contributed by atoms with E-state index in [1.807, 2.05) is 39.0 Å². The fourth-order valence-electron chi connectivity index (χ4n) is 2.95. The van der Waals surface area contributed by atoms with Crippen LogP contribution >= 0.6 is 0 Å². The second kappa shape index (κ2) is 8.04. The van der Waals surface area contributed by atoms with E-state index in [2.05, 4.69) is 20.8 Å². The average Bonchev–Trinajstić information content (AvgIpc) is 3.04. The number of hydrogen-bond donors (Lipinski definition) is 2. The molecule has 2 amide bonds. The molecular formula is C21H23N5O2. The van der Waals surface area contributed by atoms with E-state index in [1.54, 1.807) is 31.2 Å². The second-order valence-electron chi connectivity index (χ2n) is 6.57. The number of rotatable bonds is 5. The Morgan fingerprint density at radius 1 is 1.00 bits per heavy atom. The van der Waals surface area contributed by atoms with Crippen LogP contribution in [-0.2, 0) is 0 Å². The number of anilines is 1. The molecule has 2 N–H and O–H groups in total. The minimum atomic E-state index is -0.412. The monoisotopic (exact) mass is 377 g/mol. The van der Waals surface area contributed by atoms with Crippen LogP contribution in [0.1, 0.15) is 44.6 Å².